The Morgan fingerprint density at radius 1 is 0.750 bits per heavy atom. The molecule has 0 aliphatic rings. The molecular weight excluding hydrogens is 190 g/mol. The summed E-state index contributed by atoms with van der Waals surface area (Å²) in [6, 6.07) is 0. The van der Waals surface area contributed by atoms with E-state index >= 15 is 0 Å². The molecule has 0 unspecified atom stereocenters. The van der Waals surface area contributed by atoms with E-state index in [0.717, 1.165) is 0 Å². The average Bonchev–Trinajstić information content (AvgIpc) is 0. The summed E-state index contributed by atoms with van der Waals surface area (Å²) in [5.74, 6) is 0. The van der Waals surface area contributed by atoms with Crippen LogP contribution in [-0.2, 0) is 52.7 Å². The first-order chi connectivity index (χ1) is 0. The fraction of sp³-hybridized carbons (Fsp3) is 0. The fourth-order valence-electron chi connectivity index (χ4n) is 0. The van der Waals surface area contributed by atoms with Crippen molar-refractivity contribution >= 4 is 17.4 Å². The molecule has 0 aliphatic heterocycles. The Hall–Kier alpha value is 2.16. The molecule has 0 saturated carbocycles. The van der Waals surface area contributed by atoms with Crippen LogP contribution in [0.2, 0.25) is 0 Å². The van der Waals surface area contributed by atoms with Crippen LogP contribution in [0, 0.1) is 0 Å². The van der Waals surface area contributed by atoms with E-state index in [1.54, 1.807) is 0 Å². The maximum absolute atomic E-state index is 0. The van der Waals surface area contributed by atoms with E-state index in [9.17, 15) is 0 Å². The first kappa shape index (κ1) is 35.2. The molecule has 0 aromatic rings. The Morgan fingerprint density at radius 2 is 0.750 bits per heavy atom. The second-order valence-corrected chi connectivity index (χ2v) is 0. The third kappa shape index (κ3) is 8.91. The minimum Gasteiger partial charge on any atom is 0 e. The van der Waals surface area contributed by atoms with Crippen LogP contribution in [0.4, 0.5) is 0 Å². The molecule has 0 aromatic heterocycles. The normalized spacial score (nSPS) is 0. The van der Waals surface area contributed by atoms with Gasteiger partial charge in [-0.3, -0.25) is 0 Å². The van der Waals surface area contributed by atoms with Crippen LogP contribution in [0.15, 0.2) is 0 Å². The van der Waals surface area contributed by atoms with Gasteiger partial charge in [-0.15, -0.1) is 0 Å². The molecule has 27 valence electrons. The number of rotatable bonds is 0. The zero-order chi connectivity index (χ0) is 0. The average molecular weight is 193 g/mol. The van der Waals surface area contributed by atoms with E-state index in [0.29, 0.717) is 0 Å². The molecule has 0 N–H and O–H groups in total. The van der Waals surface area contributed by atoms with Gasteiger partial charge in [0.1, 0.15) is 0 Å². The molecule has 0 aliphatic carbocycles. The Morgan fingerprint density at radius 3 is 0.750 bits per heavy atom. The van der Waals surface area contributed by atoms with E-state index in [2.05, 4.69) is 0 Å². The van der Waals surface area contributed by atoms with Crippen LogP contribution in [0.1, 0.15) is 0 Å². The quantitative estimate of drug-likeness (QED) is 0.424. The summed E-state index contributed by atoms with van der Waals surface area (Å²) in [5.41, 5.74) is 0. The summed E-state index contributed by atoms with van der Waals surface area (Å²) >= 11 is 0. The molecule has 4 heavy (non-hydrogen) atoms. The van der Waals surface area contributed by atoms with Crippen molar-refractivity contribution < 1.29 is 52.7 Å². The van der Waals surface area contributed by atoms with Crippen molar-refractivity contribution in [2.45, 2.75) is 0 Å². The predicted molar refractivity (Wildman–Crippen MR) is 9.94 cm³/mol. The molecule has 0 rings (SSSR count). The molecule has 0 fully saturated rings. The van der Waals surface area contributed by atoms with Gasteiger partial charge < -0.3 is 0 Å². The van der Waals surface area contributed by atoms with Gasteiger partial charge in [-0.1, -0.05) is 0 Å². The first-order valence-electron chi connectivity index (χ1n) is 0. The molecular formula is H3AlFe2V. The number of hydrogen-bond donors (Lipinski definition) is 0. The molecule has 1 radical (unpaired) electrons. The third-order valence-electron chi connectivity index (χ3n) is 0. The summed E-state index contributed by atoms with van der Waals surface area (Å²) < 4.78 is 0. The van der Waals surface area contributed by atoms with Gasteiger partial charge >= 0.3 is 0 Å². The Labute approximate surface area is 69.4 Å². The standard InChI is InChI=1S/Al.2Fe.V.3H. The van der Waals surface area contributed by atoms with E-state index in [1.165, 1.54) is 0 Å². The van der Waals surface area contributed by atoms with Crippen molar-refractivity contribution in [1.82, 2.24) is 0 Å². The van der Waals surface area contributed by atoms with Gasteiger partial charge in [0.05, 0.1) is 0 Å². The monoisotopic (exact) mass is 193 g/mol. The Kier molecular flexibility index (Phi) is 169. The predicted octanol–water partition coefficient (Wildman–Crippen LogP) is -1.19. The summed E-state index contributed by atoms with van der Waals surface area (Å²) in [4.78, 5) is 0. The first-order valence-corrected chi connectivity index (χ1v) is 0. The van der Waals surface area contributed by atoms with Gasteiger partial charge in [0.2, 0.25) is 0 Å². The van der Waals surface area contributed by atoms with Gasteiger partial charge in [0.25, 0.3) is 0 Å². The molecule has 0 bridgehead atoms. The molecule has 0 heterocycles. The molecule has 0 atom stereocenters. The molecule has 0 amide bonds. The van der Waals surface area contributed by atoms with E-state index in [1.807, 2.05) is 0 Å². The van der Waals surface area contributed by atoms with Crippen LogP contribution in [0.3, 0.4) is 0 Å². The Balaban J connectivity index is 0. The molecule has 4 heteroatoms. The van der Waals surface area contributed by atoms with E-state index < -0.39 is 0 Å². The summed E-state index contributed by atoms with van der Waals surface area (Å²) in [5, 5.41) is 0. The minimum atomic E-state index is 0. The minimum absolute atomic E-state index is 0. The van der Waals surface area contributed by atoms with E-state index in [-0.39, 0.29) is 70.1 Å². The molecule has 0 saturated heterocycles. The van der Waals surface area contributed by atoms with Crippen molar-refractivity contribution in [2.24, 2.45) is 0 Å². The Bertz CT molecular complexity index is 6.00. The molecule has 0 nitrogen and oxygen atoms in total. The van der Waals surface area contributed by atoms with Crippen LogP contribution >= 0.6 is 0 Å². The third-order valence-corrected chi connectivity index (χ3v) is 0. The van der Waals surface area contributed by atoms with Crippen LogP contribution in [-0.4, -0.2) is 17.4 Å². The van der Waals surface area contributed by atoms with Crippen LogP contribution < -0.4 is 0 Å². The van der Waals surface area contributed by atoms with Crippen molar-refractivity contribution in [2.75, 3.05) is 0 Å². The topological polar surface area (TPSA) is 0 Å². The van der Waals surface area contributed by atoms with Crippen LogP contribution in [0.5, 0.6) is 0 Å². The smallest absolute Gasteiger partial charge is 0 e. The second kappa shape index (κ2) is 19.2. The van der Waals surface area contributed by atoms with E-state index in [4.69, 9.17) is 0 Å². The summed E-state index contributed by atoms with van der Waals surface area (Å²) in [7, 11) is 0. The molecule has 0 spiro atoms. The van der Waals surface area contributed by atoms with Crippen LogP contribution in [0.25, 0.3) is 0 Å². The zero-order valence-electron chi connectivity index (χ0n) is 1.15. The van der Waals surface area contributed by atoms with Crippen molar-refractivity contribution in [3.05, 3.63) is 0 Å². The van der Waals surface area contributed by atoms with Gasteiger partial charge in [0, 0.05) is 52.7 Å². The van der Waals surface area contributed by atoms with Crippen molar-refractivity contribution in [3.8, 4) is 0 Å². The summed E-state index contributed by atoms with van der Waals surface area (Å²) in [6.45, 7) is 0. The second-order valence-electron chi connectivity index (χ2n) is 0. The molecule has 0 aromatic carbocycles. The maximum Gasteiger partial charge on any atom is 0.187 e. The summed E-state index contributed by atoms with van der Waals surface area (Å²) in [6.07, 6.45) is 0. The number of hydrogen-bond acceptors (Lipinski definition) is 0. The maximum atomic E-state index is 0. The van der Waals surface area contributed by atoms with Crippen molar-refractivity contribution in [3.63, 3.8) is 0 Å². The van der Waals surface area contributed by atoms with Gasteiger partial charge in [-0.05, 0) is 0 Å². The van der Waals surface area contributed by atoms with Crippen molar-refractivity contribution in [1.29, 1.82) is 0 Å². The van der Waals surface area contributed by atoms with Gasteiger partial charge in [-0.2, -0.15) is 0 Å². The SMILES string of the molecule is [AlH3].[Fe].[Fe].[V]. The van der Waals surface area contributed by atoms with Gasteiger partial charge in [0.15, 0.2) is 17.4 Å². The largest absolute Gasteiger partial charge is 0.187 e. The zero-order valence-corrected chi connectivity index (χ0v) is 4.76. The fourth-order valence-corrected chi connectivity index (χ4v) is 0. The van der Waals surface area contributed by atoms with Gasteiger partial charge in [-0.25, -0.2) is 0 Å².